The molecule has 3 aromatic carbocycles. The normalized spacial score (nSPS) is 10.7. The van der Waals surface area contributed by atoms with Crippen molar-refractivity contribution >= 4 is 5.97 Å². The third-order valence-corrected chi connectivity index (χ3v) is 5.03. The predicted molar refractivity (Wildman–Crippen MR) is 119 cm³/mol. The van der Waals surface area contributed by atoms with Crippen molar-refractivity contribution in [3.05, 3.63) is 95.9 Å². The first-order chi connectivity index (χ1) is 15.1. The first-order valence-electron chi connectivity index (χ1n) is 10.1. The summed E-state index contributed by atoms with van der Waals surface area (Å²) in [6.07, 6.45) is 0.610. The van der Waals surface area contributed by atoms with Crippen LogP contribution in [0.1, 0.15) is 17.0 Å². The number of hydrogen-bond donors (Lipinski definition) is 1. The monoisotopic (exact) mass is 413 g/mol. The van der Waals surface area contributed by atoms with Gasteiger partial charge in [-0.3, -0.25) is 4.79 Å². The molecule has 0 spiro atoms. The maximum Gasteiger partial charge on any atom is 0.307 e. The molecule has 1 heterocycles. The molecule has 5 heteroatoms. The number of aliphatic carboxylic acids is 1. The highest BCUT2D eigenvalue weighted by Crippen LogP contribution is 2.28. The van der Waals surface area contributed by atoms with Crippen LogP contribution in [0.3, 0.4) is 0 Å². The molecule has 0 aliphatic rings. The Labute approximate surface area is 181 Å². The fourth-order valence-corrected chi connectivity index (χ4v) is 3.50. The van der Waals surface area contributed by atoms with E-state index in [4.69, 9.17) is 9.15 Å². The van der Waals surface area contributed by atoms with E-state index in [1.807, 2.05) is 85.8 Å². The number of benzene rings is 3. The molecule has 1 N–H and O–H groups in total. The van der Waals surface area contributed by atoms with E-state index in [-0.39, 0.29) is 6.42 Å². The molecule has 0 aliphatic carbocycles. The summed E-state index contributed by atoms with van der Waals surface area (Å²) in [5.41, 5.74) is 4.43. The Morgan fingerprint density at radius 3 is 2.52 bits per heavy atom. The van der Waals surface area contributed by atoms with Crippen LogP contribution in [-0.4, -0.2) is 22.7 Å². The lowest BCUT2D eigenvalue weighted by atomic mass is 9.97. The number of carbonyl (C=O) groups is 1. The van der Waals surface area contributed by atoms with Crippen LogP contribution in [0.4, 0.5) is 0 Å². The van der Waals surface area contributed by atoms with Crippen molar-refractivity contribution in [2.24, 2.45) is 0 Å². The molecule has 0 amide bonds. The lowest BCUT2D eigenvalue weighted by Gasteiger charge is -2.11. The van der Waals surface area contributed by atoms with Crippen molar-refractivity contribution < 1.29 is 19.1 Å². The molecule has 0 fully saturated rings. The van der Waals surface area contributed by atoms with E-state index in [1.165, 1.54) is 0 Å². The standard InChI is InChI=1S/C26H23NO4/c1-18-24(27-26(31-18)19-8-3-2-4-9-19)14-15-30-22-12-7-11-20(16-22)23-13-6-5-10-21(23)17-25(28)29/h2-13,16H,14-15,17H2,1H3,(H,28,29). The number of oxazole rings is 1. The molecular weight excluding hydrogens is 390 g/mol. The summed E-state index contributed by atoms with van der Waals surface area (Å²) >= 11 is 0. The molecule has 0 radical (unpaired) electrons. The zero-order valence-corrected chi connectivity index (χ0v) is 17.2. The van der Waals surface area contributed by atoms with Gasteiger partial charge in [0.1, 0.15) is 11.5 Å². The van der Waals surface area contributed by atoms with Crippen LogP contribution < -0.4 is 4.74 Å². The van der Waals surface area contributed by atoms with E-state index < -0.39 is 5.97 Å². The molecule has 156 valence electrons. The third kappa shape index (κ3) is 5.01. The zero-order valence-electron chi connectivity index (χ0n) is 17.2. The van der Waals surface area contributed by atoms with Crippen LogP contribution >= 0.6 is 0 Å². The number of rotatable bonds is 8. The van der Waals surface area contributed by atoms with Gasteiger partial charge < -0.3 is 14.3 Å². The maximum atomic E-state index is 11.2. The second-order valence-corrected chi connectivity index (χ2v) is 7.24. The summed E-state index contributed by atoms with van der Waals surface area (Å²) < 4.78 is 11.8. The SMILES string of the molecule is Cc1oc(-c2ccccc2)nc1CCOc1cccc(-c2ccccc2CC(=O)O)c1. The van der Waals surface area contributed by atoms with Crippen LogP contribution in [0.15, 0.2) is 83.3 Å². The van der Waals surface area contributed by atoms with Crippen LogP contribution in [-0.2, 0) is 17.6 Å². The summed E-state index contributed by atoms with van der Waals surface area (Å²) in [5, 5.41) is 9.18. The van der Waals surface area contributed by atoms with Crippen molar-refractivity contribution in [3.8, 4) is 28.3 Å². The fourth-order valence-electron chi connectivity index (χ4n) is 3.50. The van der Waals surface area contributed by atoms with Crippen molar-refractivity contribution in [2.45, 2.75) is 19.8 Å². The number of carboxylic acids is 1. The smallest absolute Gasteiger partial charge is 0.307 e. The highest BCUT2D eigenvalue weighted by Gasteiger charge is 2.12. The predicted octanol–water partition coefficient (Wildman–Crippen LogP) is 5.57. The Kier molecular flexibility index (Phi) is 6.13. The van der Waals surface area contributed by atoms with E-state index in [0.29, 0.717) is 18.9 Å². The van der Waals surface area contributed by atoms with Gasteiger partial charge in [-0.25, -0.2) is 4.98 Å². The highest BCUT2D eigenvalue weighted by molar-refractivity contribution is 5.77. The van der Waals surface area contributed by atoms with E-state index in [2.05, 4.69) is 4.98 Å². The van der Waals surface area contributed by atoms with Gasteiger partial charge in [-0.05, 0) is 47.9 Å². The minimum absolute atomic E-state index is 0.0174. The van der Waals surface area contributed by atoms with Gasteiger partial charge in [-0.2, -0.15) is 0 Å². The van der Waals surface area contributed by atoms with Crippen LogP contribution in [0.2, 0.25) is 0 Å². The van der Waals surface area contributed by atoms with Gasteiger partial charge in [-0.1, -0.05) is 54.6 Å². The average molecular weight is 413 g/mol. The van der Waals surface area contributed by atoms with Gasteiger partial charge in [0, 0.05) is 12.0 Å². The largest absolute Gasteiger partial charge is 0.493 e. The van der Waals surface area contributed by atoms with Crippen LogP contribution in [0.25, 0.3) is 22.6 Å². The molecule has 1 aromatic heterocycles. The summed E-state index contributed by atoms with van der Waals surface area (Å²) in [6.45, 7) is 2.37. The Bertz CT molecular complexity index is 1180. The molecule has 5 nitrogen and oxygen atoms in total. The Morgan fingerprint density at radius 1 is 0.968 bits per heavy atom. The average Bonchev–Trinajstić information content (AvgIpc) is 3.15. The summed E-state index contributed by atoms with van der Waals surface area (Å²) in [5.74, 6) is 1.29. The van der Waals surface area contributed by atoms with Crippen molar-refractivity contribution in [1.29, 1.82) is 0 Å². The van der Waals surface area contributed by atoms with Crippen molar-refractivity contribution in [2.75, 3.05) is 6.61 Å². The van der Waals surface area contributed by atoms with E-state index in [1.54, 1.807) is 0 Å². The molecule has 0 aliphatic heterocycles. The minimum atomic E-state index is -0.849. The van der Waals surface area contributed by atoms with Gasteiger partial charge in [-0.15, -0.1) is 0 Å². The molecule has 31 heavy (non-hydrogen) atoms. The van der Waals surface area contributed by atoms with Gasteiger partial charge in [0.2, 0.25) is 5.89 Å². The lowest BCUT2D eigenvalue weighted by molar-refractivity contribution is -0.136. The molecule has 0 bridgehead atoms. The molecule has 0 unspecified atom stereocenters. The molecule has 4 aromatic rings. The van der Waals surface area contributed by atoms with Crippen molar-refractivity contribution in [1.82, 2.24) is 4.98 Å². The maximum absolute atomic E-state index is 11.2. The summed E-state index contributed by atoms with van der Waals surface area (Å²) in [6, 6.07) is 25.1. The van der Waals surface area contributed by atoms with Gasteiger partial charge in [0.25, 0.3) is 0 Å². The first-order valence-corrected chi connectivity index (χ1v) is 10.1. The molecule has 0 atom stereocenters. The topological polar surface area (TPSA) is 72.6 Å². The molecule has 0 saturated heterocycles. The van der Waals surface area contributed by atoms with Gasteiger partial charge >= 0.3 is 5.97 Å². The number of aromatic nitrogens is 1. The van der Waals surface area contributed by atoms with E-state index in [9.17, 15) is 9.90 Å². The quantitative estimate of drug-likeness (QED) is 0.409. The Morgan fingerprint density at radius 2 is 1.71 bits per heavy atom. The summed E-state index contributed by atoms with van der Waals surface area (Å²) in [7, 11) is 0. The number of ether oxygens (including phenoxy) is 1. The third-order valence-electron chi connectivity index (χ3n) is 5.03. The number of nitrogens with zero attached hydrogens (tertiary/aromatic N) is 1. The van der Waals surface area contributed by atoms with E-state index >= 15 is 0 Å². The second kappa shape index (κ2) is 9.30. The molecule has 4 rings (SSSR count). The minimum Gasteiger partial charge on any atom is -0.493 e. The number of aryl methyl sites for hydroxylation is 1. The first kappa shape index (κ1) is 20.4. The van der Waals surface area contributed by atoms with Crippen molar-refractivity contribution in [3.63, 3.8) is 0 Å². The lowest BCUT2D eigenvalue weighted by Crippen LogP contribution is -2.03. The second-order valence-electron chi connectivity index (χ2n) is 7.24. The number of carboxylic acid groups (broad SMARTS) is 1. The van der Waals surface area contributed by atoms with Crippen LogP contribution in [0, 0.1) is 6.92 Å². The summed E-state index contributed by atoms with van der Waals surface area (Å²) in [4.78, 5) is 15.8. The Hall–Kier alpha value is -3.86. The molecule has 0 saturated carbocycles. The highest BCUT2D eigenvalue weighted by atomic mass is 16.5. The van der Waals surface area contributed by atoms with Crippen LogP contribution in [0.5, 0.6) is 5.75 Å². The number of hydrogen-bond acceptors (Lipinski definition) is 4. The fraction of sp³-hybridized carbons (Fsp3) is 0.154. The van der Waals surface area contributed by atoms with Gasteiger partial charge in [0.15, 0.2) is 0 Å². The Balaban J connectivity index is 1.44. The zero-order chi connectivity index (χ0) is 21.6. The van der Waals surface area contributed by atoms with E-state index in [0.717, 1.165) is 39.5 Å². The van der Waals surface area contributed by atoms with Gasteiger partial charge in [0.05, 0.1) is 18.7 Å². The molecular formula is C26H23NO4.